The molecular weight excluding hydrogens is 528 g/mol. The number of nitrogens with zero attached hydrogens (tertiary/aromatic N) is 4. The molecule has 6 rings (SSSR count). The summed E-state index contributed by atoms with van der Waals surface area (Å²) in [5, 5.41) is 11.9. The molecule has 3 aromatic carbocycles. The number of carbonyl (C=O) groups is 2. The summed E-state index contributed by atoms with van der Waals surface area (Å²) in [7, 11) is 0. The summed E-state index contributed by atoms with van der Waals surface area (Å²) in [6.07, 6.45) is 1.99. The number of hydrogen-bond acceptors (Lipinski definition) is 6. The zero-order chi connectivity index (χ0) is 29.1. The highest BCUT2D eigenvalue weighted by Crippen LogP contribution is 2.32. The van der Waals surface area contributed by atoms with E-state index in [4.69, 9.17) is 20.8 Å². The molecule has 42 heavy (non-hydrogen) atoms. The highest BCUT2D eigenvalue weighted by atomic mass is 16.4. The van der Waals surface area contributed by atoms with Crippen molar-refractivity contribution in [2.75, 3.05) is 11.1 Å². The first-order valence-corrected chi connectivity index (χ1v) is 13.3. The van der Waals surface area contributed by atoms with Gasteiger partial charge in [-0.25, -0.2) is 15.0 Å². The number of pyridine rings is 2. The van der Waals surface area contributed by atoms with Crippen LogP contribution in [-0.2, 0) is 11.2 Å². The summed E-state index contributed by atoms with van der Waals surface area (Å²) in [5.41, 5.74) is 12.7. The van der Waals surface area contributed by atoms with Crippen LogP contribution in [-0.4, -0.2) is 36.5 Å². The van der Waals surface area contributed by atoms with Gasteiger partial charge in [0.25, 0.3) is 5.91 Å². The topological polar surface area (TPSA) is 136 Å². The number of carboxylic acids is 1. The Hall–Kier alpha value is -5.83. The van der Waals surface area contributed by atoms with Crippen LogP contribution in [0.25, 0.3) is 39.5 Å². The zero-order valence-corrected chi connectivity index (χ0v) is 22.4. The van der Waals surface area contributed by atoms with E-state index >= 15 is 0 Å². The lowest BCUT2D eigenvalue weighted by molar-refractivity contribution is -0.136. The number of amides is 1. The molecule has 3 heterocycles. The molecule has 0 bridgehead atoms. The Morgan fingerprint density at radius 1 is 0.857 bits per heavy atom. The van der Waals surface area contributed by atoms with Gasteiger partial charge in [0, 0.05) is 35.1 Å². The fourth-order valence-electron chi connectivity index (χ4n) is 4.78. The van der Waals surface area contributed by atoms with Crippen molar-refractivity contribution in [3.8, 4) is 28.3 Å². The molecule has 0 atom stereocenters. The first kappa shape index (κ1) is 26.4. The smallest absolute Gasteiger partial charge is 0.303 e. The number of carboxylic acid groups (broad SMARTS) is 1. The maximum Gasteiger partial charge on any atom is 0.303 e. The van der Waals surface area contributed by atoms with Crippen molar-refractivity contribution < 1.29 is 14.7 Å². The van der Waals surface area contributed by atoms with Gasteiger partial charge in [0.15, 0.2) is 11.5 Å². The maximum absolute atomic E-state index is 13.0. The van der Waals surface area contributed by atoms with Crippen molar-refractivity contribution in [2.24, 2.45) is 0 Å². The number of carbonyl (C=O) groups excluding carboxylic acids is 1. The number of benzene rings is 3. The van der Waals surface area contributed by atoms with E-state index in [1.54, 1.807) is 24.4 Å². The molecule has 9 nitrogen and oxygen atoms in total. The molecule has 0 radical (unpaired) electrons. The number of nitrogens with two attached hydrogens (primary N) is 1. The van der Waals surface area contributed by atoms with Crippen LogP contribution in [0.3, 0.4) is 0 Å². The molecular formula is C33H26N6O3. The molecule has 0 aliphatic rings. The van der Waals surface area contributed by atoms with Gasteiger partial charge in [0.2, 0.25) is 0 Å². The molecule has 1 amide bonds. The van der Waals surface area contributed by atoms with Crippen molar-refractivity contribution in [3.63, 3.8) is 0 Å². The maximum atomic E-state index is 13.0. The van der Waals surface area contributed by atoms with Crippen molar-refractivity contribution in [2.45, 2.75) is 12.8 Å². The van der Waals surface area contributed by atoms with E-state index in [0.717, 1.165) is 22.5 Å². The van der Waals surface area contributed by atoms with Gasteiger partial charge in [-0.15, -0.1) is 0 Å². The van der Waals surface area contributed by atoms with Crippen LogP contribution < -0.4 is 11.1 Å². The zero-order valence-electron chi connectivity index (χ0n) is 22.4. The Labute approximate surface area is 241 Å². The fourth-order valence-corrected chi connectivity index (χ4v) is 4.78. The van der Waals surface area contributed by atoms with E-state index in [1.165, 1.54) is 0 Å². The molecule has 0 fully saturated rings. The summed E-state index contributed by atoms with van der Waals surface area (Å²) in [6.45, 7) is 0. The molecule has 6 aromatic rings. The van der Waals surface area contributed by atoms with Gasteiger partial charge in [-0.1, -0.05) is 42.5 Å². The molecule has 0 spiro atoms. The van der Waals surface area contributed by atoms with E-state index < -0.39 is 5.97 Å². The number of nitrogen functional groups attached to an aromatic ring is 1. The number of imidazole rings is 1. The van der Waals surface area contributed by atoms with E-state index in [1.807, 2.05) is 89.5 Å². The molecule has 9 heteroatoms. The minimum Gasteiger partial charge on any atom is -0.481 e. The molecule has 0 saturated heterocycles. The number of anilines is 2. The van der Waals surface area contributed by atoms with Crippen LogP contribution in [0.2, 0.25) is 0 Å². The van der Waals surface area contributed by atoms with Gasteiger partial charge < -0.3 is 16.2 Å². The van der Waals surface area contributed by atoms with E-state index in [2.05, 4.69) is 10.3 Å². The standard InChI is InChI=1S/C33H26N6O3/c34-30-26(10-5-19-35-30)31-38-28-17-16-27(22-7-2-1-3-8-22)37-32(28)39(31)25-14-12-24(13-15-25)36-33(42)23-9-4-6-21(20-23)11-18-29(40)41/h1-10,12-17,19-20H,11,18H2,(H2,34,35)(H,36,42)(H,40,41). The highest BCUT2D eigenvalue weighted by molar-refractivity contribution is 6.04. The predicted molar refractivity (Wildman–Crippen MR) is 162 cm³/mol. The molecule has 4 N–H and O–H groups in total. The molecule has 0 saturated carbocycles. The van der Waals surface area contributed by atoms with Crippen LogP contribution in [0.1, 0.15) is 22.3 Å². The summed E-state index contributed by atoms with van der Waals surface area (Å²) >= 11 is 0. The third-order valence-electron chi connectivity index (χ3n) is 6.85. The van der Waals surface area contributed by atoms with Crippen LogP contribution in [0.5, 0.6) is 0 Å². The first-order valence-electron chi connectivity index (χ1n) is 13.3. The minimum atomic E-state index is -0.878. The number of rotatable bonds is 8. The number of aryl methyl sites for hydroxylation is 1. The van der Waals surface area contributed by atoms with Gasteiger partial charge in [-0.05, 0) is 72.6 Å². The van der Waals surface area contributed by atoms with Crippen LogP contribution in [0.4, 0.5) is 11.5 Å². The summed E-state index contributed by atoms with van der Waals surface area (Å²) in [6, 6.07) is 31.9. The average Bonchev–Trinajstić information content (AvgIpc) is 3.40. The highest BCUT2D eigenvalue weighted by Gasteiger charge is 2.19. The number of nitrogens with one attached hydrogen (secondary N) is 1. The number of aliphatic carboxylic acids is 1. The largest absolute Gasteiger partial charge is 0.481 e. The SMILES string of the molecule is Nc1ncccc1-c1nc2ccc(-c3ccccc3)nc2n1-c1ccc(NC(=O)c2cccc(CCC(=O)O)c2)cc1. The molecule has 0 aliphatic carbocycles. The quantitative estimate of drug-likeness (QED) is 0.210. The summed E-state index contributed by atoms with van der Waals surface area (Å²) < 4.78 is 1.94. The van der Waals surface area contributed by atoms with Gasteiger partial charge >= 0.3 is 5.97 Å². The molecule has 206 valence electrons. The third kappa shape index (κ3) is 5.44. The minimum absolute atomic E-state index is 0.00382. The molecule has 3 aromatic heterocycles. The average molecular weight is 555 g/mol. The van der Waals surface area contributed by atoms with Gasteiger partial charge in [0.05, 0.1) is 11.3 Å². The number of hydrogen-bond donors (Lipinski definition) is 3. The van der Waals surface area contributed by atoms with E-state index in [0.29, 0.717) is 46.0 Å². The second-order valence-corrected chi connectivity index (χ2v) is 9.71. The van der Waals surface area contributed by atoms with Crippen LogP contribution in [0, 0.1) is 0 Å². The Bertz CT molecular complexity index is 1920. The normalized spacial score (nSPS) is 11.0. The van der Waals surface area contributed by atoms with E-state index in [9.17, 15) is 9.59 Å². The Kier molecular flexibility index (Phi) is 7.13. The second-order valence-electron chi connectivity index (χ2n) is 9.71. The third-order valence-corrected chi connectivity index (χ3v) is 6.85. The van der Waals surface area contributed by atoms with Crippen molar-refractivity contribution in [1.82, 2.24) is 19.5 Å². The van der Waals surface area contributed by atoms with Crippen molar-refractivity contribution in [3.05, 3.63) is 120 Å². The van der Waals surface area contributed by atoms with Gasteiger partial charge in [-0.2, -0.15) is 0 Å². The van der Waals surface area contributed by atoms with Crippen molar-refractivity contribution >= 4 is 34.5 Å². The van der Waals surface area contributed by atoms with Crippen molar-refractivity contribution in [1.29, 1.82) is 0 Å². The van der Waals surface area contributed by atoms with Gasteiger partial charge in [-0.3, -0.25) is 14.2 Å². The molecule has 0 unspecified atom stereocenters. The Morgan fingerprint density at radius 3 is 2.43 bits per heavy atom. The molecule has 0 aliphatic heterocycles. The number of aromatic nitrogens is 4. The predicted octanol–water partition coefficient (Wildman–Crippen LogP) is 6.00. The monoisotopic (exact) mass is 554 g/mol. The summed E-state index contributed by atoms with van der Waals surface area (Å²) in [4.78, 5) is 38.0. The lowest BCUT2D eigenvalue weighted by atomic mass is 10.1. The van der Waals surface area contributed by atoms with Crippen LogP contribution >= 0.6 is 0 Å². The van der Waals surface area contributed by atoms with Gasteiger partial charge in [0.1, 0.15) is 11.3 Å². The Morgan fingerprint density at radius 2 is 1.67 bits per heavy atom. The lowest BCUT2D eigenvalue weighted by Gasteiger charge is -2.12. The Balaban J connectivity index is 1.35. The van der Waals surface area contributed by atoms with Crippen LogP contribution in [0.15, 0.2) is 109 Å². The first-order chi connectivity index (χ1) is 20.5. The van der Waals surface area contributed by atoms with E-state index in [-0.39, 0.29) is 12.3 Å². The fraction of sp³-hybridized carbons (Fsp3) is 0.0606. The number of fused-ring (bicyclic) bond motifs is 1. The lowest BCUT2D eigenvalue weighted by Crippen LogP contribution is -2.12. The second kappa shape index (κ2) is 11.3. The summed E-state index contributed by atoms with van der Waals surface area (Å²) in [5.74, 6) is -0.211.